The zero-order valence-electron chi connectivity index (χ0n) is 19.9. The second kappa shape index (κ2) is 11.1. The van der Waals surface area contributed by atoms with Gasteiger partial charge < -0.3 is 15.1 Å². The number of carbonyl (C=O) groups is 3. The van der Waals surface area contributed by atoms with Gasteiger partial charge in [-0.1, -0.05) is 39.0 Å². The summed E-state index contributed by atoms with van der Waals surface area (Å²) in [5, 5.41) is 6.26. The van der Waals surface area contributed by atoms with Crippen LogP contribution in [0.5, 0.6) is 0 Å². The molecule has 1 saturated heterocycles. The lowest BCUT2D eigenvalue weighted by Gasteiger charge is -2.23. The lowest BCUT2D eigenvalue weighted by Crippen LogP contribution is -2.52. The average Bonchev–Trinajstić information content (AvgIpc) is 3.12. The van der Waals surface area contributed by atoms with Crippen LogP contribution < -0.4 is 10.6 Å². The Morgan fingerprint density at radius 1 is 1.24 bits per heavy atom. The zero-order chi connectivity index (χ0) is 24.9. The number of sulfonamides is 1. The van der Waals surface area contributed by atoms with Crippen molar-refractivity contribution in [3.8, 4) is 0 Å². The topological polar surface area (TPSA) is 126 Å². The molecular weight excluding hydrogens is 458 g/mol. The van der Waals surface area contributed by atoms with Gasteiger partial charge in [-0.2, -0.15) is 4.31 Å². The number of amides is 2. The highest BCUT2D eigenvalue weighted by atomic mass is 32.2. The van der Waals surface area contributed by atoms with E-state index in [1.54, 1.807) is 25.1 Å². The quantitative estimate of drug-likeness (QED) is 0.555. The first kappa shape index (κ1) is 25.9. The van der Waals surface area contributed by atoms with Gasteiger partial charge in [-0.25, -0.2) is 8.42 Å². The second-order valence-electron chi connectivity index (χ2n) is 9.12. The minimum absolute atomic E-state index is 0.0123. The van der Waals surface area contributed by atoms with Gasteiger partial charge in [0.05, 0.1) is 18.3 Å². The van der Waals surface area contributed by atoms with E-state index < -0.39 is 33.9 Å². The maximum atomic E-state index is 13.1. The van der Waals surface area contributed by atoms with Crippen molar-refractivity contribution < 1.29 is 27.2 Å². The number of para-hydroxylation sites is 1. The SMILES string of the molecule is CCCS(=O)(=O)N1CCCC(NC(=O)[C@H](CC(C)C)NC(=O)c2cc3ccccc3o2)C(=O)C1. The van der Waals surface area contributed by atoms with Crippen LogP contribution in [0.15, 0.2) is 34.7 Å². The van der Waals surface area contributed by atoms with Crippen molar-refractivity contribution in [1.82, 2.24) is 14.9 Å². The molecule has 2 N–H and O–H groups in total. The van der Waals surface area contributed by atoms with Crippen molar-refractivity contribution in [3.63, 3.8) is 0 Å². The summed E-state index contributed by atoms with van der Waals surface area (Å²) in [5.41, 5.74) is 0.573. The molecule has 186 valence electrons. The first-order chi connectivity index (χ1) is 16.1. The van der Waals surface area contributed by atoms with Gasteiger partial charge in [0, 0.05) is 11.9 Å². The van der Waals surface area contributed by atoms with Gasteiger partial charge in [0.15, 0.2) is 11.5 Å². The molecule has 3 rings (SSSR count). The van der Waals surface area contributed by atoms with Crippen molar-refractivity contribution in [2.45, 2.75) is 58.5 Å². The molecule has 34 heavy (non-hydrogen) atoms. The number of nitrogens with zero attached hydrogens (tertiary/aromatic N) is 1. The van der Waals surface area contributed by atoms with Crippen LogP contribution >= 0.6 is 0 Å². The summed E-state index contributed by atoms with van der Waals surface area (Å²) in [6.07, 6.45) is 1.64. The summed E-state index contributed by atoms with van der Waals surface area (Å²) in [5.74, 6) is -1.14. The Balaban J connectivity index is 1.68. The molecule has 1 aliphatic rings. The maximum absolute atomic E-state index is 13.1. The van der Waals surface area contributed by atoms with E-state index in [9.17, 15) is 22.8 Å². The van der Waals surface area contributed by atoms with Gasteiger partial charge in [0.1, 0.15) is 11.6 Å². The second-order valence-corrected chi connectivity index (χ2v) is 11.2. The molecule has 0 bridgehead atoms. The van der Waals surface area contributed by atoms with Gasteiger partial charge in [0.25, 0.3) is 5.91 Å². The Hall–Kier alpha value is -2.72. The standard InChI is InChI=1S/C24H33N3O6S/c1-4-12-34(31,32)27-11-7-9-18(20(28)15-27)25-23(29)19(13-16(2)3)26-24(30)22-14-17-8-5-6-10-21(17)33-22/h5-6,8,10,14,16,18-19H,4,7,9,11-13,15H2,1-3H3,(H,25,29)(H,26,30)/t18?,19-/m0/s1. The maximum Gasteiger partial charge on any atom is 0.287 e. The zero-order valence-corrected chi connectivity index (χ0v) is 20.7. The van der Waals surface area contributed by atoms with Crippen molar-refractivity contribution in [3.05, 3.63) is 36.1 Å². The Morgan fingerprint density at radius 3 is 2.65 bits per heavy atom. The molecule has 0 spiro atoms. The van der Waals surface area contributed by atoms with Gasteiger partial charge >= 0.3 is 0 Å². The fourth-order valence-electron chi connectivity index (χ4n) is 4.07. The molecular formula is C24H33N3O6S. The molecule has 0 aliphatic carbocycles. The molecule has 10 heteroatoms. The number of hydrogen-bond donors (Lipinski definition) is 2. The molecule has 2 heterocycles. The van der Waals surface area contributed by atoms with Crippen molar-refractivity contribution in [1.29, 1.82) is 0 Å². The summed E-state index contributed by atoms with van der Waals surface area (Å²) >= 11 is 0. The summed E-state index contributed by atoms with van der Waals surface area (Å²) < 4.78 is 31.6. The van der Waals surface area contributed by atoms with Gasteiger partial charge in [-0.05, 0) is 43.7 Å². The number of Topliss-reactive ketones (excluding diaryl/α,β-unsaturated/α-hetero) is 1. The van der Waals surface area contributed by atoms with E-state index in [1.165, 1.54) is 4.31 Å². The highest BCUT2D eigenvalue weighted by molar-refractivity contribution is 7.89. The third kappa shape index (κ3) is 6.44. The van der Waals surface area contributed by atoms with Crippen molar-refractivity contribution >= 4 is 38.6 Å². The molecule has 2 aromatic rings. The van der Waals surface area contributed by atoms with Crippen LogP contribution in [0.25, 0.3) is 11.0 Å². The van der Waals surface area contributed by atoms with Crippen LogP contribution in [0.1, 0.15) is 57.0 Å². The minimum Gasteiger partial charge on any atom is -0.451 e. The van der Waals surface area contributed by atoms with Crippen LogP contribution in [0, 0.1) is 5.92 Å². The first-order valence-electron chi connectivity index (χ1n) is 11.7. The van der Waals surface area contributed by atoms with Gasteiger partial charge in [-0.15, -0.1) is 0 Å². The average molecular weight is 492 g/mol. The molecule has 0 radical (unpaired) electrons. The predicted octanol–water partition coefficient (Wildman–Crippen LogP) is 2.47. The van der Waals surface area contributed by atoms with Crippen LogP contribution in [0.3, 0.4) is 0 Å². The third-order valence-electron chi connectivity index (χ3n) is 5.77. The number of carbonyl (C=O) groups excluding carboxylic acids is 3. The fraction of sp³-hybridized carbons (Fsp3) is 0.542. The highest BCUT2D eigenvalue weighted by Crippen LogP contribution is 2.19. The monoisotopic (exact) mass is 491 g/mol. The van der Waals surface area contributed by atoms with Crippen LogP contribution in [0.2, 0.25) is 0 Å². The van der Waals surface area contributed by atoms with Gasteiger partial charge in [-0.3, -0.25) is 14.4 Å². The van der Waals surface area contributed by atoms with E-state index in [0.29, 0.717) is 31.3 Å². The van der Waals surface area contributed by atoms with Crippen LogP contribution in [-0.4, -0.2) is 61.2 Å². The van der Waals surface area contributed by atoms with Crippen molar-refractivity contribution in [2.24, 2.45) is 5.92 Å². The smallest absolute Gasteiger partial charge is 0.287 e. The van der Waals surface area contributed by atoms with Crippen LogP contribution in [-0.2, 0) is 19.6 Å². The molecule has 2 atom stereocenters. The molecule has 1 aromatic carbocycles. The minimum atomic E-state index is -3.50. The first-order valence-corrected chi connectivity index (χ1v) is 13.3. The predicted molar refractivity (Wildman–Crippen MR) is 129 cm³/mol. The van der Waals surface area contributed by atoms with E-state index in [4.69, 9.17) is 4.42 Å². The number of fused-ring (bicyclic) bond motifs is 1. The highest BCUT2D eigenvalue weighted by Gasteiger charge is 2.33. The van der Waals surface area contributed by atoms with E-state index >= 15 is 0 Å². The number of nitrogens with one attached hydrogen (secondary N) is 2. The Kier molecular flexibility index (Phi) is 8.48. The molecule has 1 aromatic heterocycles. The van der Waals surface area contributed by atoms with E-state index in [-0.39, 0.29) is 36.3 Å². The normalized spacial score (nSPS) is 18.6. The van der Waals surface area contributed by atoms with Crippen molar-refractivity contribution in [2.75, 3.05) is 18.8 Å². The summed E-state index contributed by atoms with van der Waals surface area (Å²) in [4.78, 5) is 38.7. The molecule has 1 aliphatic heterocycles. The molecule has 1 unspecified atom stereocenters. The molecule has 1 fully saturated rings. The largest absolute Gasteiger partial charge is 0.451 e. The Labute approximate surface area is 200 Å². The fourth-order valence-corrected chi connectivity index (χ4v) is 5.58. The van der Waals surface area contributed by atoms with E-state index in [1.807, 2.05) is 26.0 Å². The molecule has 9 nitrogen and oxygen atoms in total. The number of rotatable bonds is 9. The van der Waals surface area contributed by atoms with E-state index in [0.717, 1.165) is 5.39 Å². The Bertz CT molecular complexity index is 1110. The van der Waals surface area contributed by atoms with Gasteiger partial charge in [0.2, 0.25) is 15.9 Å². The number of furan rings is 1. The van der Waals surface area contributed by atoms with E-state index in [2.05, 4.69) is 10.6 Å². The summed E-state index contributed by atoms with van der Waals surface area (Å²) in [6, 6.07) is 7.19. The summed E-state index contributed by atoms with van der Waals surface area (Å²) in [6.45, 7) is 5.63. The summed E-state index contributed by atoms with van der Waals surface area (Å²) in [7, 11) is -3.50. The lowest BCUT2D eigenvalue weighted by atomic mass is 10.0. The molecule has 2 amide bonds. The van der Waals surface area contributed by atoms with Crippen LogP contribution in [0.4, 0.5) is 0 Å². The third-order valence-corrected chi connectivity index (χ3v) is 7.79. The Morgan fingerprint density at radius 2 is 1.97 bits per heavy atom. The molecule has 0 saturated carbocycles. The number of hydrogen-bond acceptors (Lipinski definition) is 6. The number of benzene rings is 1. The number of ketones is 1. The lowest BCUT2D eigenvalue weighted by molar-refractivity contribution is -0.129.